The fourth-order valence-electron chi connectivity index (χ4n) is 3.64. The van der Waals surface area contributed by atoms with Gasteiger partial charge in [0.15, 0.2) is 5.78 Å². The van der Waals surface area contributed by atoms with Gasteiger partial charge in [0.1, 0.15) is 5.75 Å². The number of halogens is 1. The highest BCUT2D eigenvalue weighted by Crippen LogP contribution is 2.34. The molecular formula is C26H22BrNO3. The average Bonchev–Trinajstić information content (AvgIpc) is 3.05. The van der Waals surface area contributed by atoms with Crippen molar-refractivity contribution in [2.75, 3.05) is 0 Å². The predicted octanol–water partition coefficient (Wildman–Crippen LogP) is 6.49. The van der Waals surface area contributed by atoms with Crippen molar-refractivity contribution < 1.29 is 14.3 Å². The van der Waals surface area contributed by atoms with Crippen LogP contribution in [0.3, 0.4) is 0 Å². The second-order valence-electron chi connectivity index (χ2n) is 7.72. The summed E-state index contributed by atoms with van der Waals surface area (Å²) in [6.07, 6.45) is 0. The van der Waals surface area contributed by atoms with Gasteiger partial charge in [-0.2, -0.15) is 0 Å². The number of aromatic nitrogens is 1. The van der Waals surface area contributed by atoms with Gasteiger partial charge < -0.3 is 9.30 Å². The Morgan fingerprint density at radius 2 is 1.61 bits per heavy atom. The molecule has 0 amide bonds. The fraction of sp³-hybridized carbons (Fsp3) is 0.154. The van der Waals surface area contributed by atoms with Gasteiger partial charge in [-0.25, -0.2) is 0 Å². The number of nitrogens with zero attached hydrogens (tertiary/aromatic N) is 1. The second kappa shape index (κ2) is 8.52. The summed E-state index contributed by atoms with van der Waals surface area (Å²) in [7, 11) is 0. The number of hydrogen-bond donors (Lipinski definition) is 0. The van der Waals surface area contributed by atoms with E-state index in [4.69, 9.17) is 4.74 Å². The standard InChI is InChI=1S/C26H22BrNO3/c1-16(2)26(30)31-21-13-14-23-22(15-21)24(25(29)18-7-5-4-6-8-18)17(3)28(23)20-11-9-19(27)10-12-20/h4-16H,1-3H3. The number of carbonyl (C=O) groups is 2. The van der Waals surface area contributed by atoms with E-state index in [-0.39, 0.29) is 17.7 Å². The van der Waals surface area contributed by atoms with Crippen LogP contribution in [0, 0.1) is 12.8 Å². The molecular weight excluding hydrogens is 454 g/mol. The second-order valence-corrected chi connectivity index (χ2v) is 8.64. The number of ketones is 1. The Kier molecular flexibility index (Phi) is 5.79. The summed E-state index contributed by atoms with van der Waals surface area (Å²) in [6, 6.07) is 22.6. The lowest BCUT2D eigenvalue weighted by atomic mass is 10.0. The zero-order chi connectivity index (χ0) is 22.1. The lowest BCUT2D eigenvalue weighted by molar-refractivity contribution is -0.137. The molecule has 0 N–H and O–H groups in total. The Labute approximate surface area is 189 Å². The molecule has 0 atom stereocenters. The van der Waals surface area contributed by atoms with Gasteiger partial charge >= 0.3 is 5.97 Å². The van der Waals surface area contributed by atoms with Crippen molar-refractivity contribution in [3.8, 4) is 11.4 Å². The number of benzene rings is 3. The summed E-state index contributed by atoms with van der Waals surface area (Å²) in [4.78, 5) is 25.6. The molecule has 0 spiro atoms. The van der Waals surface area contributed by atoms with Gasteiger partial charge in [0.05, 0.1) is 17.0 Å². The molecule has 0 saturated carbocycles. The first-order valence-corrected chi connectivity index (χ1v) is 10.9. The van der Waals surface area contributed by atoms with Crippen LogP contribution >= 0.6 is 15.9 Å². The summed E-state index contributed by atoms with van der Waals surface area (Å²) < 4.78 is 8.57. The summed E-state index contributed by atoms with van der Waals surface area (Å²) in [5, 5.41) is 0.753. The van der Waals surface area contributed by atoms with Crippen LogP contribution in [0.1, 0.15) is 35.5 Å². The molecule has 0 unspecified atom stereocenters. The van der Waals surface area contributed by atoms with Crippen molar-refractivity contribution in [1.82, 2.24) is 4.57 Å². The molecule has 0 bridgehead atoms. The number of hydrogen-bond acceptors (Lipinski definition) is 3. The van der Waals surface area contributed by atoms with Crippen LogP contribution in [0.2, 0.25) is 0 Å². The lowest BCUT2D eigenvalue weighted by Gasteiger charge is -2.10. The topological polar surface area (TPSA) is 48.3 Å². The quantitative estimate of drug-likeness (QED) is 0.188. The van der Waals surface area contributed by atoms with Gasteiger partial charge in [-0.15, -0.1) is 0 Å². The first-order chi connectivity index (χ1) is 14.9. The SMILES string of the molecule is Cc1c(C(=O)c2ccccc2)c2cc(OC(=O)C(C)C)ccc2n1-c1ccc(Br)cc1. The Balaban J connectivity index is 1.94. The maximum absolute atomic E-state index is 13.5. The smallest absolute Gasteiger partial charge is 0.313 e. The van der Waals surface area contributed by atoms with Crippen LogP contribution in [0.25, 0.3) is 16.6 Å². The van der Waals surface area contributed by atoms with Crippen molar-refractivity contribution in [2.45, 2.75) is 20.8 Å². The Bertz CT molecular complexity index is 1270. The minimum absolute atomic E-state index is 0.0636. The fourth-order valence-corrected chi connectivity index (χ4v) is 3.90. The summed E-state index contributed by atoms with van der Waals surface area (Å²) in [6.45, 7) is 5.52. The van der Waals surface area contributed by atoms with Crippen LogP contribution < -0.4 is 4.74 Å². The van der Waals surface area contributed by atoms with Gasteiger partial charge in [-0.3, -0.25) is 9.59 Å². The number of fused-ring (bicyclic) bond motifs is 1. The van der Waals surface area contributed by atoms with E-state index in [1.807, 2.05) is 67.6 Å². The van der Waals surface area contributed by atoms with E-state index in [9.17, 15) is 9.59 Å². The molecule has 0 fully saturated rings. The number of ether oxygens (including phenoxy) is 1. The maximum atomic E-state index is 13.5. The van der Waals surface area contributed by atoms with Crippen molar-refractivity contribution in [3.63, 3.8) is 0 Å². The van der Waals surface area contributed by atoms with Gasteiger partial charge in [0, 0.05) is 26.8 Å². The third-order valence-corrected chi connectivity index (χ3v) is 5.74. The highest BCUT2D eigenvalue weighted by molar-refractivity contribution is 9.10. The van der Waals surface area contributed by atoms with Crippen LogP contribution in [0.4, 0.5) is 0 Å². The minimum Gasteiger partial charge on any atom is -0.426 e. The Hall–Kier alpha value is -3.18. The first-order valence-electron chi connectivity index (χ1n) is 10.1. The zero-order valence-corrected chi connectivity index (χ0v) is 19.1. The molecule has 4 nitrogen and oxygen atoms in total. The molecule has 1 heterocycles. The van der Waals surface area contributed by atoms with E-state index in [0.717, 1.165) is 26.8 Å². The zero-order valence-electron chi connectivity index (χ0n) is 17.6. The average molecular weight is 476 g/mol. The van der Waals surface area contributed by atoms with E-state index in [1.165, 1.54) is 0 Å². The van der Waals surface area contributed by atoms with Crippen LogP contribution in [0.5, 0.6) is 5.75 Å². The lowest BCUT2D eigenvalue weighted by Crippen LogP contribution is -2.14. The maximum Gasteiger partial charge on any atom is 0.313 e. The van der Waals surface area contributed by atoms with E-state index in [2.05, 4.69) is 20.5 Å². The monoisotopic (exact) mass is 475 g/mol. The molecule has 3 aromatic carbocycles. The minimum atomic E-state index is -0.306. The third-order valence-electron chi connectivity index (χ3n) is 5.21. The Morgan fingerprint density at radius 3 is 2.26 bits per heavy atom. The first kappa shape index (κ1) is 21.1. The molecule has 1 aromatic heterocycles. The molecule has 0 aliphatic carbocycles. The summed E-state index contributed by atoms with van der Waals surface area (Å²) in [5.41, 5.74) is 3.88. The summed E-state index contributed by atoms with van der Waals surface area (Å²) >= 11 is 3.48. The van der Waals surface area contributed by atoms with E-state index in [1.54, 1.807) is 26.0 Å². The summed E-state index contributed by atoms with van der Waals surface area (Å²) in [5.74, 6) is -0.179. The van der Waals surface area contributed by atoms with Crippen LogP contribution in [-0.2, 0) is 4.79 Å². The van der Waals surface area contributed by atoms with E-state index in [0.29, 0.717) is 16.9 Å². The van der Waals surface area contributed by atoms with Gasteiger partial charge in [-0.1, -0.05) is 60.1 Å². The van der Waals surface area contributed by atoms with E-state index >= 15 is 0 Å². The van der Waals surface area contributed by atoms with E-state index < -0.39 is 0 Å². The molecule has 4 rings (SSSR count). The van der Waals surface area contributed by atoms with Crippen molar-refractivity contribution in [3.05, 3.63) is 94.1 Å². The highest BCUT2D eigenvalue weighted by atomic mass is 79.9. The number of esters is 1. The molecule has 0 aliphatic rings. The third kappa shape index (κ3) is 4.06. The van der Waals surface area contributed by atoms with Crippen molar-refractivity contribution in [1.29, 1.82) is 0 Å². The van der Waals surface area contributed by atoms with Crippen molar-refractivity contribution in [2.24, 2.45) is 5.92 Å². The number of rotatable bonds is 5. The molecule has 156 valence electrons. The molecule has 0 radical (unpaired) electrons. The molecule has 31 heavy (non-hydrogen) atoms. The van der Waals surface area contributed by atoms with Gasteiger partial charge in [0.25, 0.3) is 0 Å². The molecule has 5 heteroatoms. The van der Waals surface area contributed by atoms with Crippen molar-refractivity contribution >= 4 is 38.6 Å². The van der Waals surface area contributed by atoms with Crippen LogP contribution in [-0.4, -0.2) is 16.3 Å². The predicted molar refractivity (Wildman–Crippen MR) is 126 cm³/mol. The number of carbonyl (C=O) groups excluding carboxylic acids is 2. The van der Waals surface area contributed by atoms with Gasteiger partial charge in [-0.05, 0) is 49.4 Å². The van der Waals surface area contributed by atoms with Gasteiger partial charge in [0.2, 0.25) is 0 Å². The molecule has 0 aliphatic heterocycles. The molecule has 0 saturated heterocycles. The molecule has 4 aromatic rings. The normalized spacial score (nSPS) is 11.1. The Morgan fingerprint density at radius 1 is 0.935 bits per heavy atom. The van der Waals surface area contributed by atoms with Crippen LogP contribution in [0.15, 0.2) is 77.3 Å². The highest BCUT2D eigenvalue weighted by Gasteiger charge is 2.23. The largest absolute Gasteiger partial charge is 0.426 e.